The molecule has 2 aromatic rings. The average Bonchev–Trinajstić information content (AvgIpc) is 3.35. The smallest absolute Gasteiger partial charge is 0.325 e. The number of benzene rings is 1. The molecule has 0 radical (unpaired) electrons. The number of imide groups is 1. The van der Waals surface area contributed by atoms with E-state index in [-0.39, 0.29) is 30.3 Å². The van der Waals surface area contributed by atoms with Crippen LogP contribution in [0.3, 0.4) is 0 Å². The van der Waals surface area contributed by atoms with E-state index in [1.54, 1.807) is 18.3 Å². The van der Waals surface area contributed by atoms with Gasteiger partial charge in [0.15, 0.2) is 0 Å². The molecule has 1 aliphatic carbocycles. The van der Waals surface area contributed by atoms with Gasteiger partial charge in [-0.15, -0.1) is 11.3 Å². The molecule has 1 aromatic heterocycles. The third kappa shape index (κ3) is 3.35. The fraction of sp³-hybridized carbons (Fsp3) is 0.350. The van der Waals surface area contributed by atoms with Crippen LogP contribution < -0.4 is 10.6 Å². The Labute approximate surface area is 161 Å². The molecular formula is C20H21N3O3S. The molecule has 2 N–H and O–H groups in total. The summed E-state index contributed by atoms with van der Waals surface area (Å²) in [4.78, 5) is 39.7. The van der Waals surface area contributed by atoms with Crippen molar-refractivity contribution in [3.63, 3.8) is 0 Å². The van der Waals surface area contributed by atoms with Crippen molar-refractivity contribution >= 4 is 29.2 Å². The molecule has 2 heterocycles. The summed E-state index contributed by atoms with van der Waals surface area (Å²) in [7, 11) is 0. The second-order valence-electron chi connectivity index (χ2n) is 7.22. The summed E-state index contributed by atoms with van der Waals surface area (Å²) in [6.45, 7) is 1.48. The summed E-state index contributed by atoms with van der Waals surface area (Å²) in [5, 5.41) is 7.70. The first-order valence-corrected chi connectivity index (χ1v) is 9.89. The molecule has 4 rings (SSSR count). The third-order valence-corrected chi connectivity index (χ3v) is 6.20. The van der Waals surface area contributed by atoms with Gasteiger partial charge in [-0.1, -0.05) is 36.4 Å². The minimum Gasteiger partial charge on any atom is -0.343 e. The molecule has 27 heavy (non-hydrogen) atoms. The van der Waals surface area contributed by atoms with Crippen LogP contribution in [0.25, 0.3) is 0 Å². The van der Waals surface area contributed by atoms with Gasteiger partial charge in [-0.3, -0.25) is 14.5 Å². The molecule has 140 valence electrons. The van der Waals surface area contributed by atoms with E-state index in [1.807, 2.05) is 47.8 Å². The Kier molecular flexibility index (Phi) is 4.47. The van der Waals surface area contributed by atoms with Crippen LogP contribution in [-0.2, 0) is 9.59 Å². The molecule has 7 heteroatoms. The van der Waals surface area contributed by atoms with E-state index in [0.29, 0.717) is 0 Å². The Balaban J connectivity index is 1.49. The Morgan fingerprint density at radius 1 is 1.26 bits per heavy atom. The SMILES string of the molecule is C[C@@]1(C2CC2)NC(=O)N(CC(=O)N[C@H](c2ccccc2)c2cccs2)C1=O. The van der Waals surface area contributed by atoms with Crippen molar-refractivity contribution in [2.45, 2.75) is 31.3 Å². The van der Waals surface area contributed by atoms with Gasteiger partial charge < -0.3 is 10.6 Å². The number of nitrogens with zero attached hydrogens (tertiary/aromatic N) is 1. The highest BCUT2D eigenvalue weighted by atomic mass is 32.1. The number of amides is 4. The predicted molar refractivity (Wildman–Crippen MR) is 102 cm³/mol. The Morgan fingerprint density at radius 2 is 2.00 bits per heavy atom. The van der Waals surface area contributed by atoms with E-state index in [0.717, 1.165) is 28.2 Å². The molecule has 2 aliphatic rings. The van der Waals surface area contributed by atoms with Crippen molar-refractivity contribution in [1.82, 2.24) is 15.5 Å². The quantitative estimate of drug-likeness (QED) is 0.753. The van der Waals surface area contributed by atoms with Gasteiger partial charge >= 0.3 is 6.03 Å². The normalized spacial score (nSPS) is 23.2. The molecule has 1 aliphatic heterocycles. The largest absolute Gasteiger partial charge is 0.343 e. The van der Waals surface area contributed by atoms with E-state index in [2.05, 4.69) is 10.6 Å². The lowest BCUT2D eigenvalue weighted by Gasteiger charge is -2.22. The van der Waals surface area contributed by atoms with Gasteiger partial charge in [-0.05, 0) is 42.7 Å². The lowest BCUT2D eigenvalue weighted by molar-refractivity contribution is -0.135. The molecular weight excluding hydrogens is 362 g/mol. The average molecular weight is 383 g/mol. The minimum absolute atomic E-state index is 0.171. The lowest BCUT2D eigenvalue weighted by Crippen LogP contribution is -2.47. The van der Waals surface area contributed by atoms with Gasteiger partial charge in [0.25, 0.3) is 5.91 Å². The van der Waals surface area contributed by atoms with Gasteiger partial charge in [0.05, 0.1) is 6.04 Å². The highest BCUT2D eigenvalue weighted by Crippen LogP contribution is 2.42. The number of urea groups is 1. The number of rotatable bonds is 6. The molecule has 6 nitrogen and oxygen atoms in total. The van der Waals surface area contributed by atoms with Crippen LogP contribution in [0.2, 0.25) is 0 Å². The second-order valence-corrected chi connectivity index (χ2v) is 8.20. The van der Waals surface area contributed by atoms with E-state index in [4.69, 9.17) is 0 Å². The second kappa shape index (κ2) is 6.81. The van der Waals surface area contributed by atoms with Crippen LogP contribution in [0, 0.1) is 5.92 Å². The first-order valence-electron chi connectivity index (χ1n) is 9.01. The zero-order valence-corrected chi connectivity index (χ0v) is 15.8. The highest BCUT2D eigenvalue weighted by molar-refractivity contribution is 7.10. The van der Waals surface area contributed by atoms with Crippen LogP contribution in [0.4, 0.5) is 4.79 Å². The first kappa shape index (κ1) is 17.7. The standard InChI is InChI=1S/C20H21N3O3S/c1-20(14-9-10-14)18(25)23(19(26)22-20)12-16(24)21-17(15-8-5-11-27-15)13-6-3-2-4-7-13/h2-8,11,14,17H,9-10,12H2,1H3,(H,21,24)(H,22,26)/t17-,20+/m1/s1. The zero-order chi connectivity index (χ0) is 19.0. The highest BCUT2D eigenvalue weighted by Gasteiger charge is 2.56. The van der Waals surface area contributed by atoms with Gasteiger partial charge in [-0.2, -0.15) is 0 Å². The number of hydrogen-bond acceptors (Lipinski definition) is 4. The molecule has 1 saturated heterocycles. The minimum atomic E-state index is -0.871. The van der Waals surface area contributed by atoms with Gasteiger partial charge in [0, 0.05) is 4.88 Å². The monoisotopic (exact) mass is 383 g/mol. The Bertz CT molecular complexity index is 864. The number of nitrogens with one attached hydrogen (secondary N) is 2. The predicted octanol–water partition coefficient (Wildman–Crippen LogP) is 2.67. The van der Waals surface area contributed by atoms with Gasteiger partial charge in [0.1, 0.15) is 12.1 Å². The summed E-state index contributed by atoms with van der Waals surface area (Å²) in [5.41, 5.74) is 0.0811. The van der Waals surface area contributed by atoms with Crippen molar-refractivity contribution in [1.29, 1.82) is 0 Å². The van der Waals surface area contributed by atoms with E-state index >= 15 is 0 Å². The molecule has 1 saturated carbocycles. The maximum Gasteiger partial charge on any atom is 0.325 e. The molecule has 0 bridgehead atoms. The summed E-state index contributed by atoms with van der Waals surface area (Å²) >= 11 is 1.55. The van der Waals surface area contributed by atoms with Crippen molar-refractivity contribution in [3.8, 4) is 0 Å². The maximum absolute atomic E-state index is 12.7. The van der Waals surface area contributed by atoms with Crippen molar-refractivity contribution in [2.75, 3.05) is 6.54 Å². The number of thiophene rings is 1. The fourth-order valence-electron chi connectivity index (χ4n) is 3.57. The van der Waals surface area contributed by atoms with E-state index in [1.165, 1.54) is 0 Å². The van der Waals surface area contributed by atoms with Crippen LogP contribution >= 0.6 is 11.3 Å². The number of carbonyl (C=O) groups excluding carboxylic acids is 3. The summed E-state index contributed by atoms with van der Waals surface area (Å²) < 4.78 is 0. The number of carbonyl (C=O) groups is 3. The zero-order valence-electron chi connectivity index (χ0n) is 15.0. The van der Waals surface area contributed by atoms with E-state index in [9.17, 15) is 14.4 Å². The molecule has 0 spiro atoms. The molecule has 2 atom stereocenters. The Hall–Kier alpha value is -2.67. The first-order chi connectivity index (χ1) is 13.0. The van der Waals surface area contributed by atoms with Crippen LogP contribution in [-0.4, -0.2) is 34.8 Å². The van der Waals surface area contributed by atoms with Crippen LogP contribution in [0.1, 0.15) is 36.2 Å². The molecule has 4 amide bonds. The van der Waals surface area contributed by atoms with Crippen molar-refractivity contribution in [2.24, 2.45) is 5.92 Å². The topological polar surface area (TPSA) is 78.5 Å². The van der Waals surface area contributed by atoms with Crippen LogP contribution in [0.15, 0.2) is 47.8 Å². The van der Waals surface area contributed by atoms with Gasteiger partial charge in [0.2, 0.25) is 5.91 Å². The van der Waals surface area contributed by atoms with Crippen molar-refractivity contribution in [3.05, 3.63) is 58.3 Å². The molecule has 0 unspecified atom stereocenters. The molecule has 2 fully saturated rings. The molecule has 1 aromatic carbocycles. The van der Waals surface area contributed by atoms with Crippen molar-refractivity contribution < 1.29 is 14.4 Å². The van der Waals surface area contributed by atoms with Crippen LogP contribution in [0.5, 0.6) is 0 Å². The Morgan fingerprint density at radius 3 is 2.63 bits per heavy atom. The van der Waals surface area contributed by atoms with E-state index < -0.39 is 11.6 Å². The van der Waals surface area contributed by atoms with Gasteiger partial charge in [-0.25, -0.2) is 4.79 Å². The fourth-order valence-corrected chi connectivity index (χ4v) is 4.37. The number of hydrogen-bond donors (Lipinski definition) is 2. The summed E-state index contributed by atoms with van der Waals surface area (Å²) in [5.74, 6) is -0.497. The maximum atomic E-state index is 12.7. The lowest BCUT2D eigenvalue weighted by atomic mass is 9.96. The third-order valence-electron chi connectivity index (χ3n) is 5.26. The summed E-state index contributed by atoms with van der Waals surface area (Å²) in [6, 6.07) is 12.7. The summed E-state index contributed by atoms with van der Waals surface area (Å²) in [6.07, 6.45) is 1.86.